The number of aliphatic hydroxyl groups excluding tert-OH is 2. The molecule has 4 nitrogen and oxygen atoms in total. The van der Waals surface area contributed by atoms with Crippen molar-refractivity contribution >= 4 is 0 Å². The average molecular weight is 186 g/mol. The maximum atomic E-state index is 9.47. The Morgan fingerprint density at radius 3 is 2.77 bits per heavy atom. The first-order chi connectivity index (χ1) is 6.26. The van der Waals surface area contributed by atoms with Crippen LogP contribution in [0.5, 0.6) is 0 Å². The van der Waals surface area contributed by atoms with Gasteiger partial charge < -0.3 is 19.7 Å². The molecule has 1 aliphatic carbocycles. The molecule has 2 N–H and O–H groups in total. The molecule has 74 valence electrons. The van der Waals surface area contributed by atoms with Gasteiger partial charge in [0.15, 0.2) is 5.79 Å². The summed E-state index contributed by atoms with van der Waals surface area (Å²) < 4.78 is 10.9. The summed E-state index contributed by atoms with van der Waals surface area (Å²) in [4.78, 5) is 0. The first kappa shape index (κ1) is 9.15. The lowest BCUT2D eigenvalue weighted by Gasteiger charge is -2.31. The molecule has 1 saturated heterocycles. The lowest BCUT2D eigenvalue weighted by Crippen LogP contribution is -2.35. The fourth-order valence-corrected chi connectivity index (χ4v) is 1.82. The van der Waals surface area contributed by atoms with Gasteiger partial charge in [-0.25, -0.2) is 0 Å². The topological polar surface area (TPSA) is 58.9 Å². The molecule has 0 aromatic rings. The second-order valence-electron chi connectivity index (χ2n) is 3.44. The Hall–Kier alpha value is -0.420. The lowest BCUT2D eigenvalue weighted by molar-refractivity contribution is -0.132. The van der Waals surface area contributed by atoms with Crippen LogP contribution in [0, 0.1) is 0 Å². The molecule has 1 heterocycles. The van der Waals surface area contributed by atoms with Crippen molar-refractivity contribution in [2.24, 2.45) is 0 Å². The Balaban J connectivity index is 2.19. The fraction of sp³-hybridized carbons (Fsp3) is 0.778. The SMILES string of the molecule is OCC1=CC2(CCC1O)OCCO2. The van der Waals surface area contributed by atoms with E-state index in [2.05, 4.69) is 0 Å². The maximum Gasteiger partial charge on any atom is 0.188 e. The first-order valence-corrected chi connectivity index (χ1v) is 4.54. The predicted octanol–water partition coefficient (Wildman–Crippen LogP) is -0.197. The van der Waals surface area contributed by atoms with Crippen molar-refractivity contribution < 1.29 is 19.7 Å². The molecule has 0 aromatic carbocycles. The summed E-state index contributed by atoms with van der Waals surface area (Å²) in [5.41, 5.74) is 0.605. The van der Waals surface area contributed by atoms with Crippen LogP contribution < -0.4 is 0 Å². The van der Waals surface area contributed by atoms with E-state index in [4.69, 9.17) is 14.6 Å². The van der Waals surface area contributed by atoms with Crippen LogP contribution in [0.1, 0.15) is 12.8 Å². The zero-order chi connectivity index (χ0) is 9.31. The molecule has 0 aromatic heterocycles. The smallest absolute Gasteiger partial charge is 0.188 e. The zero-order valence-electron chi connectivity index (χ0n) is 7.40. The molecule has 1 spiro atoms. The number of rotatable bonds is 1. The van der Waals surface area contributed by atoms with Crippen molar-refractivity contribution in [3.8, 4) is 0 Å². The molecule has 0 radical (unpaired) electrons. The van der Waals surface area contributed by atoms with Gasteiger partial charge in [-0.15, -0.1) is 0 Å². The molecule has 13 heavy (non-hydrogen) atoms. The Morgan fingerprint density at radius 1 is 1.46 bits per heavy atom. The van der Waals surface area contributed by atoms with Crippen LogP contribution in [0.25, 0.3) is 0 Å². The largest absolute Gasteiger partial charge is 0.392 e. The third-order valence-electron chi connectivity index (χ3n) is 2.56. The molecule has 1 fully saturated rings. The van der Waals surface area contributed by atoms with E-state index in [9.17, 15) is 5.11 Å². The Labute approximate surface area is 76.8 Å². The lowest BCUT2D eigenvalue weighted by atomic mass is 9.92. The number of hydrogen-bond acceptors (Lipinski definition) is 4. The van der Waals surface area contributed by atoms with Crippen molar-refractivity contribution in [2.45, 2.75) is 24.7 Å². The van der Waals surface area contributed by atoms with E-state index in [0.717, 1.165) is 0 Å². The molecule has 1 aliphatic heterocycles. The molecule has 1 unspecified atom stereocenters. The van der Waals surface area contributed by atoms with Gasteiger partial charge in [0.2, 0.25) is 0 Å². The van der Waals surface area contributed by atoms with Gasteiger partial charge in [0, 0.05) is 6.42 Å². The van der Waals surface area contributed by atoms with E-state index in [1.807, 2.05) is 0 Å². The summed E-state index contributed by atoms with van der Waals surface area (Å²) in [5.74, 6) is -0.655. The van der Waals surface area contributed by atoms with Crippen molar-refractivity contribution in [3.05, 3.63) is 11.6 Å². The first-order valence-electron chi connectivity index (χ1n) is 4.54. The second-order valence-corrected chi connectivity index (χ2v) is 3.44. The highest BCUT2D eigenvalue weighted by atomic mass is 16.7. The molecule has 0 bridgehead atoms. The van der Waals surface area contributed by atoms with Crippen LogP contribution in [-0.4, -0.2) is 41.9 Å². The molecular weight excluding hydrogens is 172 g/mol. The average Bonchev–Trinajstić information content (AvgIpc) is 2.59. The highest BCUT2D eigenvalue weighted by molar-refractivity contribution is 5.18. The van der Waals surface area contributed by atoms with E-state index in [1.54, 1.807) is 6.08 Å². The van der Waals surface area contributed by atoms with Gasteiger partial charge in [-0.1, -0.05) is 0 Å². The van der Waals surface area contributed by atoms with E-state index in [-0.39, 0.29) is 6.61 Å². The third kappa shape index (κ3) is 1.62. The van der Waals surface area contributed by atoms with Crippen LogP contribution in [-0.2, 0) is 9.47 Å². The van der Waals surface area contributed by atoms with Gasteiger partial charge >= 0.3 is 0 Å². The summed E-state index contributed by atoms with van der Waals surface area (Å²) in [5, 5.41) is 18.4. The molecule has 0 amide bonds. The highest BCUT2D eigenvalue weighted by Gasteiger charge is 2.38. The van der Waals surface area contributed by atoms with Crippen LogP contribution in [0.3, 0.4) is 0 Å². The van der Waals surface area contributed by atoms with Crippen molar-refractivity contribution in [3.63, 3.8) is 0 Å². The van der Waals surface area contributed by atoms with E-state index >= 15 is 0 Å². The normalized spacial score (nSPS) is 32.2. The van der Waals surface area contributed by atoms with E-state index < -0.39 is 11.9 Å². The number of aliphatic hydroxyl groups is 2. The van der Waals surface area contributed by atoms with E-state index in [1.165, 1.54) is 0 Å². The maximum absolute atomic E-state index is 9.47. The standard InChI is InChI=1S/C9H14O4/c10-6-7-5-9(2-1-8(7)11)12-3-4-13-9/h5,8,10-11H,1-4,6H2. The van der Waals surface area contributed by atoms with E-state index in [0.29, 0.717) is 31.6 Å². The van der Waals surface area contributed by atoms with Gasteiger partial charge in [-0.3, -0.25) is 0 Å². The quantitative estimate of drug-likeness (QED) is 0.557. The fourth-order valence-electron chi connectivity index (χ4n) is 1.82. The predicted molar refractivity (Wildman–Crippen MR) is 45.0 cm³/mol. The zero-order valence-corrected chi connectivity index (χ0v) is 7.40. The molecular formula is C9H14O4. The monoisotopic (exact) mass is 186 g/mol. The Morgan fingerprint density at radius 2 is 2.15 bits per heavy atom. The number of ether oxygens (including phenoxy) is 2. The van der Waals surface area contributed by atoms with Crippen molar-refractivity contribution in [1.82, 2.24) is 0 Å². The Bertz CT molecular complexity index is 218. The van der Waals surface area contributed by atoms with Crippen molar-refractivity contribution in [2.75, 3.05) is 19.8 Å². The minimum absolute atomic E-state index is 0.129. The van der Waals surface area contributed by atoms with Crippen LogP contribution in [0.4, 0.5) is 0 Å². The molecule has 4 heteroatoms. The Kier molecular flexibility index (Phi) is 2.38. The minimum Gasteiger partial charge on any atom is -0.392 e. The summed E-state index contributed by atoms with van der Waals surface area (Å²) in [6.45, 7) is 1.05. The summed E-state index contributed by atoms with van der Waals surface area (Å²) in [6, 6.07) is 0. The van der Waals surface area contributed by atoms with Crippen LogP contribution in [0.15, 0.2) is 11.6 Å². The third-order valence-corrected chi connectivity index (χ3v) is 2.56. The number of hydrogen-bond donors (Lipinski definition) is 2. The van der Waals surface area contributed by atoms with Gasteiger partial charge in [-0.05, 0) is 18.1 Å². The molecule has 0 saturated carbocycles. The van der Waals surface area contributed by atoms with Gasteiger partial charge in [0.1, 0.15) is 0 Å². The van der Waals surface area contributed by atoms with Crippen LogP contribution in [0.2, 0.25) is 0 Å². The van der Waals surface area contributed by atoms with Crippen molar-refractivity contribution in [1.29, 1.82) is 0 Å². The van der Waals surface area contributed by atoms with Gasteiger partial charge in [-0.2, -0.15) is 0 Å². The molecule has 1 atom stereocenters. The second kappa shape index (κ2) is 3.38. The van der Waals surface area contributed by atoms with Gasteiger partial charge in [0.05, 0.1) is 25.9 Å². The minimum atomic E-state index is -0.655. The highest BCUT2D eigenvalue weighted by Crippen LogP contribution is 2.33. The van der Waals surface area contributed by atoms with Gasteiger partial charge in [0.25, 0.3) is 0 Å². The molecule has 2 rings (SSSR count). The summed E-state index contributed by atoms with van der Waals surface area (Å²) >= 11 is 0. The molecule has 2 aliphatic rings. The summed E-state index contributed by atoms with van der Waals surface area (Å²) in [6.07, 6.45) is 2.43. The van der Waals surface area contributed by atoms with Crippen LogP contribution >= 0.6 is 0 Å². The summed E-state index contributed by atoms with van der Waals surface area (Å²) in [7, 11) is 0.